The molecule has 2 aliphatic rings. The van der Waals surface area contributed by atoms with Crippen LogP contribution in [0.4, 0.5) is 0 Å². The van der Waals surface area contributed by atoms with Gasteiger partial charge in [-0.15, -0.1) is 0 Å². The van der Waals surface area contributed by atoms with Crippen LogP contribution in [0.5, 0.6) is 0 Å². The fraction of sp³-hybridized carbons (Fsp3) is 0.625. The number of aliphatic hydroxyl groups is 1. The molecule has 2 heterocycles. The van der Waals surface area contributed by atoms with Gasteiger partial charge in [-0.3, -0.25) is 0 Å². The van der Waals surface area contributed by atoms with Gasteiger partial charge in [-0.25, -0.2) is 0 Å². The summed E-state index contributed by atoms with van der Waals surface area (Å²) in [6.07, 6.45) is -1.54. The van der Waals surface area contributed by atoms with Gasteiger partial charge in [0.2, 0.25) is 0 Å². The second-order valence-electron chi connectivity index (χ2n) is 5.99. The molecule has 4 atom stereocenters. The third-order valence-electron chi connectivity index (χ3n) is 3.84. The summed E-state index contributed by atoms with van der Waals surface area (Å²) in [5, 5.41) is 10.1. The lowest BCUT2D eigenvalue weighted by Crippen LogP contribution is -2.42. The van der Waals surface area contributed by atoms with Crippen molar-refractivity contribution in [3.05, 3.63) is 35.9 Å². The summed E-state index contributed by atoms with van der Waals surface area (Å²) in [5.41, 5.74) is 1.07. The van der Waals surface area contributed by atoms with E-state index in [0.717, 1.165) is 5.56 Å². The molecule has 1 N–H and O–H groups in total. The first kappa shape index (κ1) is 14.9. The predicted octanol–water partition coefficient (Wildman–Crippen LogP) is 1.48. The van der Waals surface area contributed by atoms with Crippen molar-refractivity contribution >= 4 is 0 Å². The van der Waals surface area contributed by atoms with Crippen LogP contribution in [0.1, 0.15) is 19.4 Å². The summed E-state index contributed by atoms with van der Waals surface area (Å²) in [5.74, 6) is -0.606. The molecule has 2 aliphatic heterocycles. The van der Waals surface area contributed by atoms with Crippen molar-refractivity contribution in [2.24, 2.45) is 0 Å². The van der Waals surface area contributed by atoms with Crippen LogP contribution < -0.4 is 0 Å². The van der Waals surface area contributed by atoms with Crippen LogP contribution >= 0.6 is 0 Å². The standard InChI is InChI=1S/C16H22O5/c1-16(2)20-10-13(21-16)15-14(12(17)9-19-15)18-8-11-6-4-3-5-7-11/h3-7,12-15,17H,8-10H2,1-2H3/t12-,13-,14+,15-/m1/s1. The molecule has 0 aromatic heterocycles. The largest absolute Gasteiger partial charge is 0.388 e. The molecule has 5 nitrogen and oxygen atoms in total. The van der Waals surface area contributed by atoms with Crippen LogP contribution in [-0.2, 0) is 25.6 Å². The Balaban J connectivity index is 1.62. The Kier molecular flexibility index (Phi) is 4.28. The molecule has 1 aromatic carbocycles. The fourth-order valence-corrected chi connectivity index (χ4v) is 2.79. The van der Waals surface area contributed by atoms with E-state index in [1.807, 2.05) is 44.2 Å². The van der Waals surface area contributed by atoms with Gasteiger partial charge >= 0.3 is 0 Å². The molecule has 0 spiro atoms. The lowest BCUT2D eigenvalue weighted by atomic mass is 10.1. The second-order valence-corrected chi connectivity index (χ2v) is 5.99. The number of rotatable bonds is 4. The monoisotopic (exact) mass is 294 g/mol. The summed E-state index contributed by atoms with van der Waals surface area (Å²) in [6.45, 7) is 4.91. The Morgan fingerprint density at radius 1 is 1.24 bits per heavy atom. The fourth-order valence-electron chi connectivity index (χ4n) is 2.79. The van der Waals surface area contributed by atoms with Crippen molar-refractivity contribution in [3.8, 4) is 0 Å². The van der Waals surface area contributed by atoms with Crippen molar-refractivity contribution in [2.45, 2.75) is 50.7 Å². The van der Waals surface area contributed by atoms with E-state index in [0.29, 0.717) is 13.2 Å². The highest BCUT2D eigenvalue weighted by Gasteiger charge is 2.47. The van der Waals surface area contributed by atoms with Gasteiger partial charge in [0.1, 0.15) is 24.4 Å². The maximum absolute atomic E-state index is 10.1. The van der Waals surface area contributed by atoms with Gasteiger partial charge in [0.15, 0.2) is 5.79 Å². The number of aliphatic hydroxyl groups excluding tert-OH is 1. The summed E-state index contributed by atoms with van der Waals surface area (Å²) in [4.78, 5) is 0. The van der Waals surface area contributed by atoms with Crippen molar-refractivity contribution in [3.63, 3.8) is 0 Å². The van der Waals surface area contributed by atoms with Crippen LogP contribution in [0, 0.1) is 0 Å². The van der Waals surface area contributed by atoms with E-state index in [2.05, 4.69) is 0 Å². The van der Waals surface area contributed by atoms with E-state index in [4.69, 9.17) is 18.9 Å². The summed E-state index contributed by atoms with van der Waals surface area (Å²) < 4.78 is 22.9. The second kappa shape index (κ2) is 6.02. The highest BCUT2D eigenvalue weighted by Crippen LogP contribution is 2.31. The van der Waals surface area contributed by atoms with Crippen LogP contribution in [0.25, 0.3) is 0 Å². The van der Waals surface area contributed by atoms with E-state index in [9.17, 15) is 5.11 Å². The minimum atomic E-state index is -0.633. The quantitative estimate of drug-likeness (QED) is 0.911. The third kappa shape index (κ3) is 3.44. The van der Waals surface area contributed by atoms with Gasteiger partial charge in [-0.05, 0) is 19.4 Å². The molecule has 0 saturated carbocycles. The molecule has 21 heavy (non-hydrogen) atoms. The average Bonchev–Trinajstić information content (AvgIpc) is 3.00. The lowest BCUT2D eigenvalue weighted by Gasteiger charge is -2.26. The van der Waals surface area contributed by atoms with Crippen LogP contribution in [0.15, 0.2) is 30.3 Å². The van der Waals surface area contributed by atoms with Crippen LogP contribution in [0.3, 0.4) is 0 Å². The lowest BCUT2D eigenvalue weighted by molar-refractivity contribution is -0.163. The zero-order valence-electron chi connectivity index (χ0n) is 12.4. The van der Waals surface area contributed by atoms with Crippen molar-refractivity contribution in [2.75, 3.05) is 13.2 Å². The molecule has 3 rings (SSSR count). The molecule has 0 radical (unpaired) electrons. The first-order chi connectivity index (χ1) is 10.1. The number of hydrogen-bond acceptors (Lipinski definition) is 5. The van der Waals surface area contributed by atoms with E-state index in [1.165, 1.54) is 0 Å². The molecule has 5 heteroatoms. The highest BCUT2D eigenvalue weighted by atomic mass is 16.8. The molecular formula is C16H22O5. The molecule has 116 valence electrons. The molecule has 0 amide bonds. The Hall–Kier alpha value is -0.980. The van der Waals surface area contributed by atoms with E-state index < -0.39 is 18.0 Å². The van der Waals surface area contributed by atoms with Gasteiger partial charge < -0.3 is 24.1 Å². The zero-order valence-corrected chi connectivity index (χ0v) is 12.4. The topological polar surface area (TPSA) is 57.2 Å². The molecule has 0 aliphatic carbocycles. The average molecular weight is 294 g/mol. The van der Waals surface area contributed by atoms with Gasteiger partial charge in [-0.1, -0.05) is 30.3 Å². The molecule has 0 bridgehead atoms. The van der Waals surface area contributed by atoms with Crippen LogP contribution in [0.2, 0.25) is 0 Å². The van der Waals surface area contributed by atoms with Crippen molar-refractivity contribution < 1.29 is 24.1 Å². The number of hydrogen-bond donors (Lipinski definition) is 1. The molecule has 0 unspecified atom stereocenters. The van der Waals surface area contributed by atoms with Gasteiger partial charge in [0, 0.05) is 0 Å². The molecule has 1 aromatic rings. The zero-order chi connectivity index (χ0) is 14.9. The summed E-state index contributed by atoms with van der Waals surface area (Å²) >= 11 is 0. The van der Waals surface area contributed by atoms with Gasteiger partial charge in [0.25, 0.3) is 0 Å². The Labute approximate surface area is 124 Å². The van der Waals surface area contributed by atoms with Crippen LogP contribution in [-0.4, -0.2) is 48.5 Å². The summed E-state index contributed by atoms with van der Waals surface area (Å²) in [7, 11) is 0. The minimum absolute atomic E-state index is 0.210. The van der Waals surface area contributed by atoms with Crippen molar-refractivity contribution in [1.82, 2.24) is 0 Å². The third-order valence-corrected chi connectivity index (χ3v) is 3.84. The minimum Gasteiger partial charge on any atom is -0.388 e. The van der Waals surface area contributed by atoms with E-state index in [1.54, 1.807) is 0 Å². The Bertz CT molecular complexity index is 461. The van der Waals surface area contributed by atoms with Gasteiger partial charge in [-0.2, -0.15) is 0 Å². The van der Waals surface area contributed by atoms with E-state index in [-0.39, 0.29) is 18.8 Å². The highest BCUT2D eigenvalue weighted by molar-refractivity contribution is 5.13. The Morgan fingerprint density at radius 3 is 2.67 bits per heavy atom. The SMILES string of the molecule is CC1(C)OC[C@H]([C@H]2OC[C@@H](O)[C@@H]2OCc2ccccc2)O1. The normalized spacial score (nSPS) is 35.2. The Morgan fingerprint density at radius 2 is 2.00 bits per heavy atom. The number of ether oxygens (including phenoxy) is 4. The maximum atomic E-state index is 10.1. The maximum Gasteiger partial charge on any atom is 0.163 e. The first-order valence-corrected chi connectivity index (χ1v) is 7.32. The predicted molar refractivity (Wildman–Crippen MR) is 75.7 cm³/mol. The first-order valence-electron chi connectivity index (χ1n) is 7.32. The number of benzene rings is 1. The van der Waals surface area contributed by atoms with Gasteiger partial charge in [0.05, 0.1) is 19.8 Å². The van der Waals surface area contributed by atoms with Crippen molar-refractivity contribution in [1.29, 1.82) is 0 Å². The smallest absolute Gasteiger partial charge is 0.163 e. The molecule has 2 saturated heterocycles. The van der Waals surface area contributed by atoms with E-state index >= 15 is 0 Å². The summed E-state index contributed by atoms with van der Waals surface area (Å²) in [6, 6.07) is 9.89. The molecular weight excluding hydrogens is 272 g/mol. The molecule has 2 fully saturated rings.